The number of carbonyl (C=O) groups is 2. The van der Waals surface area contributed by atoms with Gasteiger partial charge in [-0.2, -0.15) is 0 Å². The highest BCUT2D eigenvalue weighted by molar-refractivity contribution is 5.93. The van der Waals surface area contributed by atoms with Gasteiger partial charge in [0.1, 0.15) is 11.6 Å². The Hall–Kier alpha value is -3.68. The van der Waals surface area contributed by atoms with Crippen molar-refractivity contribution in [2.75, 3.05) is 14.2 Å². The number of nitrogens with two attached hydrogens (primary N) is 1. The summed E-state index contributed by atoms with van der Waals surface area (Å²) in [4.78, 5) is 27.4. The van der Waals surface area contributed by atoms with Crippen LogP contribution in [0.2, 0.25) is 0 Å². The quantitative estimate of drug-likeness (QED) is 0.697. The van der Waals surface area contributed by atoms with Crippen LogP contribution in [0.15, 0.2) is 48.7 Å². The Balaban J connectivity index is 2.14. The number of halogens is 1. The van der Waals surface area contributed by atoms with Gasteiger partial charge < -0.3 is 15.2 Å². The molecule has 7 nitrogen and oxygen atoms in total. The predicted molar refractivity (Wildman–Crippen MR) is 95.4 cm³/mol. The minimum atomic E-state index is -0.807. The van der Waals surface area contributed by atoms with Crippen molar-refractivity contribution in [3.05, 3.63) is 66.0 Å². The van der Waals surface area contributed by atoms with E-state index in [-0.39, 0.29) is 11.5 Å². The van der Waals surface area contributed by atoms with Gasteiger partial charge in [-0.15, -0.1) is 0 Å². The zero-order valence-corrected chi connectivity index (χ0v) is 14.6. The Bertz CT molecular complexity index is 1030. The number of benzene rings is 2. The summed E-state index contributed by atoms with van der Waals surface area (Å²) in [6.45, 7) is 0. The predicted octanol–water partition coefficient (Wildman–Crippen LogP) is 2.57. The van der Waals surface area contributed by atoms with E-state index in [1.165, 1.54) is 43.2 Å². The topological polar surface area (TPSA) is 96.4 Å². The maximum atomic E-state index is 13.7. The molecular formula is C19H16FN3O4. The number of primary amides is 1. The van der Waals surface area contributed by atoms with Crippen LogP contribution in [0.4, 0.5) is 4.39 Å². The molecule has 0 aliphatic rings. The highest BCUT2D eigenvalue weighted by atomic mass is 19.1. The summed E-state index contributed by atoms with van der Waals surface area (Å²) in [7, 11) is 2.70. The van der Waals surface area contributed by atoms with Crippen LogP contribution >= 0.6 is 0 Å². The molecule has 3 rings (SSSR count). The van der Waals surface area contributed by atoms with Gasteiger partial charge in [0.05, 0.1) is 14.2 Å². The van der Waals surface area contributed by atoms with Crippen molar-refractivity contribution in [2.45, 2.75) is 0 Å². The lowest BCUT2D eigenvalue weighted by atomic mass is 10.0. The van der Waals surface area contributed by atoms with Gasteiger partial charge in [0.25, 0.3) is 5.91 Å². The van der Waals surface area contributed by atoms with E-state index in [9.17, 15) is 14.0 Å². The number of imidazole rings is 1. The third-order valence-electron chi connectivity index (χ3n) is 3.92. The van der Waals surface area contributed by atoms with Crippen LogP contribution in [0.1, 0.15) is 21.1 Å². The average Bonchev–Trinajstić information content (AvgIpc) is 3.13. The summed E-state index contributed by atoms with van der Waals surface area (Å²) in [6.07, 6.45) is 1.36. The molecule has 0 radical (unpaired) electrons. The van der Waals surface area contributed by atoms with Crippen molar-refractivity contribution in [2.24, 2.45) is 5.73 Å². The van der Waals surface area contributed by atoms with E-state index in [0.717, 1.165) is 0 Å². The van der Waals surface area contributed by atoms with Gasteiger partial charge in [-0.05, 0) is 35.9 Å². The van der Waals surface area contributed by atoms with Crippen LogP contribution in [0.25, 0.3) is 16.8 Å². The van der Waals surface area contributed by atoms with E-state index in [1.807, 2.05) is 0 Å². The molecule has 3 aromatic rings. The fraction of sp³-hybridized carbons (Fsp3) is 0.105. The molecule has 0 fully saturated rings. The maximum Gasteiger partial charge on any atom is 0.358 e. The number of carbonyl (C=O) groups excluding carboxylic acids is 2. The van der Waals surface area contributed by atoms with E-state index < -0.39 is 17.7 Å². The Kier molecular flexibility index (Phi) is 4.89. The number of methoxy groups -OCH3 is 2. The molecule has 2 aromatic carbocycles. The fourth-order valence-electron chi connectivity index (χ4n) is 2.68. The molecule has 27 heavy (non-hydrogen) atoms. The number of amides is 1. The van der Waals surface area contributed by atoms with Gasteiger partial charge in [0.15, 0.2) is 5.69 Å². The van der Waals surface area contributed by atoms with Gasteiger partial charge in [-0.3, -0.25) is 9.36 Å². The smallest absolute Gasteiger partial charge is 0.358 e. The molecule has 0 atom stereocenters. The van der Waals surface area contributed by atoms with Crippen molar-refractivity contribution in [1.82, 2.24) is 9.55 Å². The zero-order chi connectivity index (χ0) is 19.6. The number of hydrogen-bond acceptors (Lipinski definition) is 5. The van der Waals surface area contributed by atoms with Gasteiger partial charge in [0, 0.05) is 17.4 Å². The van der Waals surface area contributed by atoms with Crippen molar-refractivity contribution in [3.8, 4) is 22.6 Å². The summed E-state index contributed by atoms with van der Waals surface area (Å²) < 4.78 is 25.0. The Morgan fingerprint density at radius 2 is 1.93 bits per heavy atom. The monoisotopic (exact) mass is 369 g/mol. The normalized spacial score (nSPS) is 10.5. The van der Waals surface area contributed by atoms with Crippen molar-refractivity contribution in [1.29, 1.82) is 0 Å². The highest BCUT2D eigenvalue weighted by Gasteiger charge is 2.19. The lowest BCUT2D eigenvalue weighted by molar-refractivity contribution is 0.0594. The minimum Gasteiger partial charge on any atom is -0.496 e. The average molecular weight is 369 g/mol. The van der Waals surface area contributed by atoms with Gasteiger partial charge in [-0.25, -0.2) is 14.2 Å². The van der Waals surface area contributed by atoms with E-state index in [1.54, 1.807) is 24.3 Å². The van der Waals surface area contributed by atoms with Crippen LogP contribution in [-0.2, 0) is 4.74 Å². The largest absolute Gasteiger partial charge is 0.496 e. The molecule has 1 heterocycles. The van der Waals surface area contributed by atoms with Gasteiger partial charge in [0.2, 0.25) is 5.82 Å². The van der Waals surface area contributed by atoms with Gasteiger partial charge in [-0.1, -0.05) is 12.1 Å². The zero-order valence-electron chi connectivity index (χ0n) is 14.6. The number of esters is 1. The van der Waals surface area contributed by atoms with Crippen molar-refractivity contribution < 1.29 is 23.5 Å². The number of aromatic nitrogens is 2. The van der Waals surface area contributed by atoms with E-state index in [4.69, 9.17) is 10.5 Å². The Labute approximate surface area is 154 Å². The van der Waals surface area contributed by atoms with Crippen molar-refractivity contribution >= 4 is 11.9 Å². The second kappa shape index (κ2) is 7.28. The summed E-state index contributed by atoms with van der Waals surface area (Å²) >= 11 is 0. The molecule has 8 heteroatoms. The maximum absolute atomic E-state index is 13.7. The third-order valence-corrected chi connectivity index (χ3v) is 3.92. The molecule has 0 bridgehead atoms. The van der Waals surface area contributed by atoms with E-state index in [0.29, 0.717) is 22.6 Å². The van der Waals surface area contributed by atoms with Crippen LogP contribution in [0.3, 0.4) is 0 Å². The molecule has 0 aliphatic heterocycles. The molecule has 138 valence electrons. The molecule has 0 saturated heterocycles. The fourth-order valence-corrected chi connectivity index (χ4v) is 2.68. The van der Waals surface area contributed by atoms with Crippen LogP contribution in [0.5, 0.6) is 5.75 Å². The lowest BCUT2D eigenvalue weighted by Gasteiger charge is -2.11. The summed E-state index contributed by atoms with van der Waals surface area (Å²) in [5.41, 5.74) is 7.01. The molecule has 1 amide bonds. The van der Waals surface area contributed by atoms with Crippen molar-refractivity contribution in [3.63, 3.8) is 0 Å². The lowest BCUT2D eigenvalue weighted by Crippen LogP contribution is -2.17. The third kappa shape index (κ3) is 3.50. The van der Waals surface area contributed by atoms with Crippen LogP contribution < -0.4 is 10.5 Å². The first-order valence-electron chi connectivity index (χ1n) is 7.86. The molecule has 0 unspecified atom stereocenters. The Morgan fingerprint density at radius 1 is 1.15 bits per heavy atom. The van der Waals surface area contributed by atoms with Crippen LogP contribution in [0, 0.1) is 5.82 Å². The second-order valence-electron chi connectivity index (χ2n) is 5.57. The van der Waals surface area contributed by atoms with Crippen LogP contribution in [-0.4, -0.2) is 35.6 Å². The number of rotatable bonds is 5. The molecule has 0 saturated carbocycles. The SMILES string of the molecule is COC(=O)c1cn(-c2cccc(-c3cc(F)ccc3OC)c2)c(C(N)=O)n1. The molecule has 1 aromatic heterocycles. The first kappa shape index (κ1) is 18.1. The highest BCUT2D eigenvalue weighted by Crippen LogP contribution is 2.32. The molecule has 0 spiro atoms. The van der Waals surface area contributed by atoms with Gasteiger partial charge >= 0.3 is 5.97 Å². The standard InChI is InChI=1S/C19H16FN3O4/c1-26-16-7-6-12(20)9-14(16)11-4-3-5-13(8-11)23-10-15(19(25)27-2)22-18(23)17(21)24/h3-10H,1-2H3,(H2,21,24). The molecular weight excluding hydrogens is 353 g/mol. The summed E-state index contributed by atoms with van der Waals surface area (Å²) in [6, 6.07) is 11.1. The summed E-state index contributed by atoms with van der Waals surface area (Å²) in [5, 5.41) is 0. The molecule has 0 aliphatic carbocycles. The molecule has 2 N–H and O–H groups in total. The minimum absolute atomic E-state index is 0.0555. The first-order chi connectivity index (χ1) is 12.9. The summed E-state index contributed by atoms with van der Waals surface area (Å²) in [5.74, 6) is -1.55. The number of nitrogens with zero attached hydrogens (tertiary/aromatic N) is 2. The Morgan fingerprint density at radius 3 is 2.59 bits per heavy atom. The first-order valence-corrected chi connectivity index (χ1v) is 7.86. The second-order valence-corrected chi connectivity index (χ2v) is 5.57. The van der Waals surface area contributed by atoms with E-state index >= 15 is 0 Å². The number of ether oxygens (including phenoxy) is 2. The van der Waals surface area contributed by atoms with E-state index in [2.05, 4.69) is 9.72 Å². The number of hydrogen-bond donors (Lipinski definition) is 1.